The summed E-state index contributed by atoms with van der Waals surface area (Å²) in [5.41, 5.74) is 1.47. The molecule has 1 fully saturated rings. The molecule has 0 bridgehead atoms. The van der Waals surface area contributed by atoms with E-state index in [1.54, 1.807) is 13.1 Å². The van der Waals surface area contributed by atoms with Crippen molar-refractivity contribution < 1.29 is 13.2 Å². The molecule has 0 aromatic carbocycles. The highest BCUT2D eigenvalue weighted by atomic mass is 32.2. The minimum Gasteiger partial charge on any atom is -0.371 e. The molecule has 0 spiro atoms. The molecule has 1 atom stereocenters. The van der Waals surface area contributed by atoms with Crippen LogP contribution in [0.1, 0.15) is 29.3 Å². The van der Waals surface area contributed by atoms with Gasteiger partial charge in [-0.25, -0.2) is 13.4 Å². The van der Waals surface area contributed by atoms with E-state index in [0.717, 1.165) is 17.1 Å². The molecule has 1 aliphatic heterocycles. The Morgan fingerprint density at radius 1 is 1.43 bits per heavy atom. The molecule has 2 aromatic heterocycles. The van der Waals surface area contributed by atoms with Gasteiger partial charge in [0.05, 0.1) is 29.6 Å². The van der Waals surface area contributed by atoms with Crippen LogP contribution in [0.5, 0.6) is 0 Å². The number of rotatable bonds is 4. The molecule has 9 heteroatoms. The molecule has 0 N–H and O–H groups in total. The third kappa shape index (κ3) is 3.18. The molecule has 126 valence electrons. The first-order valence-corrected chi connectivity index (χ1v) is 9.75. The van der Waals surface area contributed by atoms with Gasteiger partial charge in [-0.05, 0) is 20.8 Å². The van der Waals surface area contributed by atoms with Gasteiger partial charge in [0.15, 0.2) is 4.21 Å². The molecular weight excluding hydrogens is 336 g/mol. The van der Waals surface area contributed by atoms with Crippen molar-refractivity contribution in [3.05, 3.63) is 28.7 Å². The topological polar surface area (TPSA) is 77.3 Å². The molecule has 1 unspecified atom stereocenters. The number of aryl methyl sites for hydroxylation is 3. The zero-order valence-corrected chi connectivity index (χ0v) is 15.0. The molecule has 0 amide bonds. The standard InChI is InChI=1S/C14H20N4O3S2/c1-4-17-8-12(7-15-17)13-9-18(5-6-21-13)23(19,20)14-10(2)16-11(3)22-14/h7-8,13H,4-6,9H2,1-3H3. The first kappa shape index (κ1) is 16.6. The maximum atomic E-state index is 12.9. The maximum absolute atomic E-state index is 12.9. The van der Waals surface area contributed by atoms with Gasteiger partial charge >= 0.3 is 0 Å². The van der Waals surface area contributed by atoms with E-state index in [1.807, 2.05) is 24.7 Å². The second-order valence-electron chi connectivity index (χ2n) is 5.46. The zero-order chi connectivity index (χ0) is 16.6. The normalized spacial score (nSPS) is 20.0. The zero-order valence-electron chi connectivity index (χ0n) is 13.4. The molecule has 7 nitrogen and oxygen atoms in total. The van der Waals surface area contributed by atoms with E-state index in [1.165, 1.54) is 15.6 Å². The van der Waals surface area contributed by atoms with E-state index in [9.17, 15) is 8.42 Å². The Morgan fingerprint density at radius 3 is 2.83 bits per heavy atom. The molecule has 0 radical (unpaired) electrons. The number of aromatic nitrogens is 3. The van der Waals surface area contributed by atoms with Crippen LogP contribution < -0.4 is 0 Å². The first-order valence-electron chi connectivity index (χ1n) is 7.50. The quantitative estimate of drug-likeness (QED) is 0.834. The minimum atomic E-state index is -3.53. The summed E-state index contributed by atoms with van der Waals surface area (Å²) in [6.07, 6.45) is 3.36. The van der Waals surface area contributed by atoms with Gasteiger partial charge in [0, 0.05) is 31.4 Å². The van der Waals surface area contributed by atoms with Gasteiger partial charge in [-0.1, -0.05) is 0 Å². The summed E-state index contributed by atoms with van der Waals surface area (Å²) in [6, 6.07) is 0. The lowest BCUT2D eigenvalue weighted by molar-refractivity contribution is -0.00255. The van der Waals surface area contributed by atoms with Gasteiger partial charge in [0.2, 0.25) is 0 Å². The van der Waals surface area contributed by atoms with Gasteiger partial charge in [0.1, 0.15) is 0 Å². The van der Waals surface area contributed by atoms with Crippen molar-refractivity contribution in [2.45, 2.75) is 37.6 Å². The fourth-order valence-corrected chi connectivity index (χ4v) is 5.68. The average Bonchev–Trinajstić information content (AvgIpc) is 3.14. The van der Waals surface area contributed by atoms with Crippen LogP contribution in [0.2, 0.25) is 0 Å². The molecule has 23 heavy (non-hydrogen) atoms. The van der Waals surface area contributed by atoms with Gasteiger partial charge in [-0.2, -0.15) is 9.40 Å². The average molecular weight is 356 g/mol. The van der Waals surface area contributed by atoms with Crippen LogP contribution in [-0.2, 0) is 21.3 Å². The summed E-state index contributed by atoms with van der Waals surface area (Å²) in [5, 5.41) is 4.99. The largest absolute Gasteiger partial charge is 0.371 e. The number of thiazole rings is 1. The molecule has 2 aromatic rings. The summed E-state index contributed by atoms with van der Waals surface area (Å²) in [4.78, 5) is 4.23. The van der Waals surface area contributed by atoms with Crippen molar-refractivity contribution in [1.29, 1.82) is 0 Å². The number of morpholine rings is 1. The highest BCUT2D eigenvalue weighted by Crippen LogP contribution is 2.30. The van der Waals surface area contributed by atoms with Gasteiger partial charge in [0.25, 0.3) is 10.0 Å². The van der Waals surface area contributed by atoms with Gasteiger partial charge < -0.3 is 4.74 Å². The van der Waals surface area contributed by atoms with Gasteiger partial charge in [-0.15, -0.1) is 11.3 Å². The van der Waals surface area contributed by atoms with E-state index in [4.69, 9.17) is 4.74 Å². The Labute approximate surface area is 140 Å². The van der Waals surface area contributed by atoms with E-state index in [0.29, 0.717) is 29.6 Å². The second-order valence-corrected chi connectivity index (χ2v) is 8.79. The summed E-state index contributed by atoms with van der Waals surface area (Å²) in [5.74, 6) is 0. The maximum Gasteiger partial charge on any atom is 0.254 e. The molecular formula is C14H20N4O3S2. The first-order chi connectivity index (χ1) is 10.9. The third-order valence-electron chi connectivity index (χ3n) is 3.81. The SMILES string of the molecule is CCn1cc(C2CN(S(=O)(=O)c3sc(C)nc3C)CCO2)cn1. The Kier molecular flexibility index (Phi) is 4.54. The van der Waals surface area contributed by atoms with Crippen LogP contribution >= 0.6 is 11.3 Å². The summed E-state index contributed by atoms with van der Waals surface area (Å²) >= 11 is 1.22. The molecule has 3 rings (SSSR count). The van der Waals surface area contributed by atoms with E-state index >= 15 is 0 Å². The number of hydrogen-bond donors (Lipinski definition) is 0. The highest BCUT2D eigenvalue weighted by molar-refractivity contribution is 7.91. The van der Waals surface area contributed by atoms with Crippen LogP contribution in [0.3, 0.4) is 0 Å². The highest BCUT2D eigenvalue weighted by Gasteiger charge is 2.34. The Hall–Kier alpha value is -1.29. The monoisotopic (exact) mass is 356 g/mol. The van der Waals surface area contributed by atoms with Crippen LogP contribution in [0, 0.1) is 13.8 Å². The van der Waals surface area contributed by atoms with Gasteiger partial charge in [-0.3, -0.25) is 4.68 Å². The lowest BCUT2D eigenvalue weighted by Crippen LogP contribution is -2.42. The van der Waals surface area contributed by atoms with E-state index in [-0.39, 0.29) is 6.10 Å². The molecule has 1 saturated heterocycles. The van der Waals surface area contributed by atoms with Crippen molar-refractivity contribution in [2.75, 3.05) is 19.7 Å². The van der Waals surface area contributed by atoms with E-state index < -0.39 is 10.0 Å². The third-order valence-corrected chi connectivity index (χ3v) is 7.34. The fourth-order valence-electron chi connectivity index (χ4n) is 2.63. The molecule has 1 aliphatic rings. The van der Waals surface area contributed by atoms with Crippen molar-refractivity contribution in [1.82, 2.24) is 19.1 Å². The fraction of sp³-hybridized carbons (Fsp3) is 0.571. The number of hydrogen-bond acceptors (Lipinski definition) is 6. The van der Waals surface area contributed by atoms with Crippen molar-refractivity contribution >= 4 is 21.4 Å². The summed E-state index contributed by atoms with van der Waals surface area (Å²) in [6.45, 7) is 7.36. The Morgan fingerprint density at radius 2 is 2.22 bits per heavy atom. The Bertz CT molecular complexity index is 797. The predicted molar refractivity (Wildman–Crippen MR) is 86.9 cm³/mol. The predicted octanol–water partition coefficient (Wildman–Crippen LogP) is 1.74. The second kappa shape index (κ2) is 6.31. The molecule has 3 heterocycles. The lowest BCUT2D eigenvalue weighted by Gasteiger charge is -2.31. The molecule has 0 saturated carbocycles. The molecule has 0 aliphatic carbocycles. The summed E-state index contributed by atoms with van der Waals surface area (Å²) < 4.78 is 35.1. The van der Waals surface area contributed by atoms with Crippen molar-refractivity contribution in [3.8, 4) is 0 Å². The van der Waals surface area contributed by atoms with Crippen LogP contribution in [0.15, 0.2) is 16.6 Å². The van der Waals surface area contributed by atoms with Crippen LogP contribution in [-0.4, -0.2) is 47.2 Å². The van der Waals surface area contributed by atoms with Crippen LogP contribution in [0.4, 0.5) is 0 Å². The van der Waals surface area contributed by atoms with Crippen molar-refractivity contribution in [3.63, 3.8) is 0 Å². The Balaban J connectivity index is 1.84. The van der Waals surface area contributed by atoms with E-state index in [2.05, 4.69) is 10.1 Å². The van der Waals surface area contributed by atoms with Crippen LogP contribution in [0.25, 0.3) is 0 Å². The summed E-state index contributed by atoms with van der Waals surface area (Å²) in [7, 11) is -3.53. The minimum absolute atomic E-state index is 0.284. The lowest BCUT2D eigenvalue weighted by atomic mass is 10.2. The smallest absolute Gasteiger partial charge is 0.254 e. The number of ether oxygens (including phenoxy) is 1. The number of sulfonamides is 1. The number of nitrogens with zero attached hydrogens (tertiary/aromatic N) is 4. The van der Waals surface area contributed by atoms with Crippen molar-refractivity contribution in [2.24, 2.45) is 0 Å².